The Balaban J connectivity index is 2.05. The number of hydrogen-bond donors (Lipinski definition) is 1. The third-order valence-corrected chi connectivity index (χ3v) is 4.83. The van der Waals surface area contributed by atoms with Crippen molar-refractivity contribution in [2.45, 2.75) is 25.0 Å². The van der Waals surface area contributed by atoms with Gasteiger partial charge in [0.25, 0.3) is 0 Å². The van der Waals surface area contributed by atoms with Crippen molar-refractivity contribution in [2.24, 2.45) is 0 Å². The van der Waals surface area contributed by atoms with Gasteiger partial charge in [-0.05, 0) is 27.9 Å². The van der Waals surface area contributed by atoms with Crippen LogP contribution in [-0.2, 0) is 6.54 Å². The number of nitrogens with zero attached hydrogens (tertiary/aromatic N) is 4. The van der Waals surface area contributed by atoms with Crippen molar-refractivity contribution in [3.63, 3.8) is 0 Å². The number of imidazole rings is 1. The molecule has 5 nitrogen and oxygen atoms in total. The molecule has 2 heterocycles. The fourth-order valence-corrected chi connectivity index (χ4v) is 3.31. The Bertz CT molecular complexity index is 787. The number of halogens is 1. The van der Waals surface area contributed by atoms with Crippen LogP contribution in [0.15, 0.2) is 40.2 Å². The molecule has 0 aliphatic rings. The van der Waals surface area contributed by atoms with Crippen molar-refractivity contribution in [2.75, 3.05) is 11.5 Å². The molecule has 22 heavy (non-hydrogen) atoms. The maximum Gasteiger partial charge on any atom is 0.191 e. The molecule has 0 unspecified atom stereocenters. The van der Waals surface area contributed by atoms with E-state index in [4.69, 9.17) is 5.73 Å². The second kappa shape index (κ2) is 6.66. The average molecular weight is 378 g/mol. The van der Waals surface area contributed by atoms with Gasteiger partial charge in [0.1, 0.15) is 0 Å². The topological polar surface area (TPSA) is 69.6 Å². The minimum absolute atomic E-state index is 0.427. The van der Waals surface area contributed by atoms with Crippen LogP contribution >= 0.6 is 27.7 Å². The summed E-state index contributed by atoms with van der Waals surface area (Å²) in [6.45, 7) is 2.82. The molecule has 0 saturated carbocycles. The van der Waals surface area contributed by atoms with Gasteiger partial charge in [-0.15, -0.1) is 0 Å². The van der Waals surface area contributed by atoms with E-state index in [0.29, 0.717) is 27.8 Å². The van der Waals surface area contributed by atoms with Crippen molar-refractivity contribution in [3.8, 4) is 0 Å². The zero-order valence-electron chi connectivity index (χ0n) is 12.2. The van der Waals surface area contributed by atoms with Crippen molar-refractivity contribution >= 4 is 44.7 Å². The van der Waals surface area contributed by atoms with E-state index >= 15 is 0 Å². The molecule has 3 rings (SSSR count). The molecule has 2 aromatic heterocycles. The summed E-state index contributed by atoms with van der Waals surface area (Å²) < 4.78 is 2.73. The van der Waals surface area contributed by atoms with Crippen LogP contribution in [0.4, 0.5) is 5.82 Å². The molecule has 0 aliphatic carbocycles. The lowest BCUT2D eigenvalue weighted by atomic mass is 10.2. The molecule has 0 bridgehead atoms. The summed E-state index contributed by atoms with van der Waals surface area (Å²) in [5, 5.41) is 0.702. The Morgan fingerprint density at radius 1 is 1.18 bits per heavy atom. The molecule has 0 fully saturated rings. The van der Waals surface area contributed by atoms with Gasteiger partial charge in [-0.2, -0.15) is 0 Å². The Kier molecular flexibility index (Phi) is 4.63. The number of aromatic nitrogens is 4. The Hall–Kier alpha value is -1.60. The smallest absolute Gasteiger partial charge is 0.191 e. The maximum absolute atomic E-state index is 6.04. The summed E-state index contributed by atoms with van der Waals surface area (Å²) in [6, 6.07) is 10.2. The van der Waals surface area contributed by atoms with Crippen LogP contribution in [0, 0.1) is 0 Å². The summed E-state index contributed by atoms with van der Waals surface area (Å²) in [7, 11) is 0. The van der Waals surface area contributed by atoms with Gasteiger partial charge >= 0.3 is 0 Å². The zero-order valence-corrected chi connectivity index (χ0v) is 14.6. The van der Waals surface area contributed by atoms with Crippen LogP contribution in [0.2, 0.25) is 0 Å². The molecule has 0 aliphatic heterocycles. The van der Waals surface area contributed by atoms with Gasteiger partial charge in [0, 0.05) is 5.75 Å². The third-order valence-electron chi connectivity index (χ3n) is 3.17. The highest BCUT2D eigenvalue weighted by molar-refractivity contribution is 9.10. The molecule has 2 N–H and O–H groups in total. The number of thioether (sulfide) groups is 1. The molecule has 114 valence electrons. The summed E-state index contributed by atoms with van der Waals surface area (Å²) in [4.78, 5) is 13.4. The summed E-state index contributed by atoms with van der Waals surface area (Å²) in [5.74, 6) is 1.40. The van der Waals surface area contributed by atoms with Gasteiger partial charge in [-0.3, -0.25) is 4.57 Å². The third kappa shape index (κ3) is 3.10. The predicted octanol–water partition coefficient (Wildman–Crippen LogP) is 3.72. The minimum Gasteiger partial charge on any atom is -0.382 e. The second-order valence-electron chi connectivity index (χ2n) is 4.86. The Labute approximate surface area is 141 Å². The van der Waals surface area contributed by atoms with Crippen molar-refractivity contribution in [3.05, 3.63) is 40.6 Å². The van der Waals surface area contributed by atoms with E-state index in [1.807, 2.05) is 22.8 Å². The van der Waals surface area contributed by atoms with E-state index < -0.39 is 0 Å². The molecule has 0 saturated heterocycles. The molecular formula is C15H16BrN5S. The SMILES string of the molecule is CCCSc1nc(N)c2nc(Br)n(Cc3ccccc3)c2n1. The first-order chi connectivity index (χ1) is 10.7. The van der Waals surface area contributed by atoms with Gasteiger partial charge in [0.15, 0.2) is 26.9 Å². The average Bonchev–Trinajstić information content (AvgIpc) is 2.83. The van der Waals surface area contributed by atoms with Gasteiger partial charge in [0.05, 0.1) is 6.54 Å². The molecule has 3 aromatic rings. The van der Waals surface area contributed by atoms with Crippen LogP contribution in [0.25, 0.3) is 11.2 Å². The van der Waals surface area contributed by atoms with Crippen LogP contribution in [0.3, 0.4) is 0 Å². The van der Waals surface area contributed by atoms with Gasteiger partial charge < -0.3 is 5.73 Å². The fourth-order valence-electron chi connectivity index (χ4n) is 2.14. The van der Waals surface area contributed by atoms with E-state index in [0.717, 1.165) is 17.8 Å². The minimum atomic E-state index is 0.427. The van der Waals surface area contributed by atoms with Crippen LogP contribution in [-0.4, -0.2) is 25.3 Å². The lowest BCUT2D eigenvalue weighted by Gasteiger charge is -2.07. The number of fused-ring (bicyclic) bond motifs is 1. The van der Waals surface area contributed by atoms with Crippen LogP contribution < -0.4 is 5.73 Å². The normalized spacial score (nSPS) is 11.2. The molecule has 7 heteroatoms. The molecule has 0 radical (unpaired) electrons. The largest absolute Gasteiger partial charge is 0.382 e. The van der Waals surface area contributed by atoms with E-state index in [2.05, 4.69) is 49.9 Å². The Morgan fingerprint density at radius 3 is 2.68 bits per heavy atom. The maximum atomic E-state index is 6.04. The predicted molar refractivity (Wildman–Crippen MR) is 94.0 cm³/mol. The highest BCUT2D eigenvalue weighted by Crippen LogP contribution is 2.26. The summed E-state index contributed by atoms with van der Waals surface area (Å²) >= 11 is 5.12. The standard InChI is InChI=1S/C15H16BrN5S/c1-2-8-22-15-19-12(17)11-13(20-15)21(14(16)18-11)9-10-6-4-3-5-7-10/h3-7H,2,8-9H2,1H3,(H2,17,19,20). The number of rotatable bonds is 5. The van der Waals surface area contributed by atoms with E-state index in [1.54, 1.807) is 11.8 Å². The molecule has 0 amide bonds. The van der Waals surface area contributed by atoms with Gasteiger partial charge in [-0.1, -0.05) is 49.0 Å². The van der Waals surface area contributed by atoms with Crippen molar-refractivity contribution < 1.29 is 0 Å². The number of anilines is 1. The van der Waals surface area contributed by atoms with E-state index in [1.165, 1.54) is 5.56 Å². The quantitative estimate of drug-likeness (QED) is 0.416. The lowest BCUT2D eigenvalue weighted by molar-refractivity contribution is 0.783. The zero-order chi connectivity index (χ0) is 15.5. The van der Waals surface area contributed by atoms with Crippen LogP contribution in [0.5, 0.6) is 0 Å². The van der Waals surface area contributed by atoms with Crippen molar-refractivity contribution in [1.82, 2.24) is 19.5 Å². The molecule has 1 aromatic carbocycles. The molecule has 0 atom stereocenters. The second-order valence-corrected chi connectivity index (χ2v) is 6.64. The summed E-state index contributed by atoms with van der Waals surface area (Å²) in [6.07, 6.45) is 1.07. The lowest BCUT2D eigenvalue weighted by Crippen LogP contribution is -2.03. The first-order valence-corrected chi connectivity index (χ1v) is 8.83. The van der Waals surface area contributed by atoms with Gasteiger partial charge in [0.2, 0.25) is 0 Å². The number of nitrogen functional groups attached to an aromatic ring is 1. The Morgan fingerprint density at radius 2 is 1.95 bits per heavy atom. The summed E-state index contributed by atoms with van der Waals surface area (Å²) in [5.41, 5.74) is 8.63. The molecular weight excluding hydrogens is 362 g/mol. The van der Waals surface area contributed by atoms with Crippen molar-refractivity contribution in [1.29, 1.82) is 0 Å². The first-order valence-electron chi connectivity index (χ1n) is 7.05. The van der Waals surface area contributed by atoms with E-state index in [-0.39, 0.29) is 0 Å². The number of hydrogen-bond acceptors (Lipinski definition) is 5. The van der Waals surface area contributed by atoms with E-state index in [9.17, 15) is 0 Å². The number of nitrogens with two attached hydrogens (primary N) is 1. The first kappa shape index (κ1) is 15.3. The van der Waals surface area contributed by atoms with Gasteiger partial charge in [-0.25, -0.2) is 15.0 Å². The molecule has 0 spiro atoms. The highest BCUT2D eigenvalue weighted by Gasteiger charge is 2.15. The monoisotopic (exact) mass is 377 g/mol. The fraction of sp³-hybridized carbons (Fsp3) is 0.267. The number of benzene rings is 1. The van der Waals surface area contributed by atoms with Crippen LogP contribution in [0.1, 0.15) is 18.9 Å². The highest BCUT2D eigenvalue weighted by atomic mass is 79.9.